The van der Waals surface area contributed by atoms with Crippen molar-refractivity contribution in [1.82, 2.24) is 30.2 Å². The molecule has 0 aromatic heterocycles. The Bertz CT molecular complexity index is 2560. The summed E-state index contributed by atoms with van der Waals surface area (Å²) in [6.45, 7) is 19.3. The van der Waals surface area contributed by atoms with E-state index in [2.05, 4.69) is 52.2 Å². The normalized spacial score (nSPS) is 13.8. The second kappa shape index (κ2) is 29.4. The molecule has 0 radical (unpaired) electrons. The van der Waals surface area contributed by atoms with Gasteiger partial charge in [0, 0.05) is 96.0 Å². The van der Waals surface area contributed by atoms with Crippen molar-refractivity contribution in [3.63, 3.8) is 0 Å². The van der Waals surface area contributed by atoms with Crippen molar-refractivity contribution < 1.29 is 34.5 Å². The Morgan fingerprint density at radius 2 is 1.06 bits per heavy atom. The molecule has 70 heavy (non-hydrogen) atoms. The Kier molecular flexibility index (Phi) is 22.8. The predicted molar refractivity (Wildman–Crippen MR) is 280 cm³/mol. The van der Waals surface area contributed by atoms with E-state index in [1.807, 2.05) is 102 Å². The first-order valence-corrected chi connectivity index (χ1v) is 24.7. The number of ketones is 1. The predicted octanol–water partition coefficient (Wildman–Crippen LogP) is 8.43. The van der Waals surface area contributed by atoms with E-state index in [0.717, 1.165) is 79.5 Å². The van der Waals surface area contributed by atoms with Crippen LogP contribution in [0.4, 0.5) is 0 Å². The number of benzene rings is 6. The van der Waals surface area contributed by atoms with Crippen LogP contribution < -0.4 is 10.6 Å². The van der Waals surface area contributed by atoms with Gasteiger partial charge >= 0.3 is 5.97 Å². The SMILES string of the molecule is CCN(CC)CC.O=C(CCCC(=O)N1CCN(Cc2cccc(O)c2)CC1)c1ccc2ccccc2c1.O=C(O)CCNC(=O)c1ccc2ccccc2c1.Oc1cccc(CN2CCNCC2)c1. The van der Waals surface area contributed by atoms with E-state index in [9.17, 15) is 29.4 Å². The Morgan fingerprint density at radius 1 is 0.557 bits per heavy atom. The molecule has 5 N–H and O–H groups in total. The second-order valence-corrected chi connectivity index (χ2v) is 17.4. The van der Waals surface area contributed by atoms with Gasteiger partial charge in [-0.3, -0.25) is 29.0 Å². The van der Waals surface area contributed by atoms with Crippen molar-refractivity contribution >= 4 is 45.1 Å². The van der Waals surface area contributed by atoms with Gasteiger partial charge in [0.1, 0.15) is 11.5 Å². The molecule has 0 spiro atoms. The van der Waals surface area contributed by atoms with Crippen LogP contribution in [0.25, 0.3) is 21.5 Å². The van der Waals surface area contributed by atoms with Crippen LogP contribution in [0.5, 0.6) is 11.5 Å². The summed E-state index contributed by atoms with van der Waals surface area (Å²) in [6, 6.07) is 41.8. The minimum Gasteiger partial charge on any atom is -0.508 e. The van der Waals surface area contributed by atoms with Gasteiger partial charge in [-0.05, 0) is 101 Å². The average Bonchev–Trinajstić information content (AvgIpc) is 3.37. The van der Waals surface area contributed by atoms with Gasteiger partial charge in [-0.1, -0.05) is 112 Å². The highest BCUT2D eigenvalue weighted by Crippen LogP contribution is 2.20. The van der Waals surface area contributed by atoms with Crippen LogP contribution in [-0.2, 0) is 22.7 Å². The monoisotopic (exact) mass is 953 g/mol. The standard InChI is InChI=1S/C26H28N2O3.C14H13NO3.C11H16N2O.C6H15N/c29-24-8-3-5-20(17-24)19-27-13-15-28(16-14-27)26(31)10-4-9-25(30)23-12-11-21-6-1-2-7-22(21)18-23;16-13(17)7-8-15-14(18)12-6-5-10-3-1-2-4-11(10)9-12;14-11-3-1-2-10(8-11)9-13-6-4-12-5-7-13;1-4-7(5-2)6-3/h1-3,5-8,11-12,17-18,29H,4,9-10,13-16,19H2;1-6,9H,7-8H2,(H,15,18)(H,16,17);1-3,8,12,14H,4-7,9H2;4-6H2,1-3H3. The smallest absolute Gasteiger partial charge is 0.305 e. The summed E-state index contributed by atoms with van der Waals surface area (Å²) in [5.74, 6) is -0.309. The van der Waals surface area contributed by atoms with Gasteiger partial charge in [0.15, 0.2) is 5.78 Å². The number of phenols is 2. The highest BCUT2D eigenvalue weighted by atomic mass is 16.4. The molecule has 6 aromatic carbocycles. The fraction of sp³-hybridized carbons (Fsp3) is 0.368. The molecule has 2 aliphatic rings. The number of carboxylic acids is 1. The van der Waals surface area contributed by atoms with Crippen LogP contribution >= 0.6 is 0 Å². The number of aliphatic carboxylic acids is 1. The number of piperazine rings is 2. The minimum absolute atomic E-state index is 0.0701. The van der Waals surface area contributed by atoms with Crippen molar-refractivity contribution in [2.24, 2.45) is 0 Å². The van der Waals surface area contributed by atoms with Crippen LogP contribution in [0.3, 0.4) is 0 Å². The number of nitrogens with one attached hydrogen (secondary N) is 2. The van der Waals surface area contributed by atoms with Gasteiger partial charge in [0.25, 0.3) is 5.91 Å². The summed E-state index contributed by atoms with van der Waals surface area (Å²) in [7, 11) is 0. The molecule has 13 nitrogen and oxygen atoms in total. The molecule has 6 aromatic rings. The summed E-state index contributed by atoms with van der Waals surface area (Å²) in [5, 5.41) is 37.5. The van der Waals surface area contributed by atoms with Crippen LogP contribution in [0.15, 0.2) is 133 Å². The van der Waals surface area contributed by atoms with Gasteiger partial charge < -0.3 is 35.8 Å². The number of Topliss-reactive ketones (excluding diaryl/α,β-unsaturated/α-hetero) is 1. The third kappa shape index (κ3) is 18.7. The lowest BCUT2D eigenvalue weighted by Crippen LogP contribution is -2.48. The molecule has 0 aliphatic carbocycles. The summed E-state index contributed by atoms with van der Waals surface area (Å²) < 4.78 is 0. The largest absolute Gasteiger partial charge is 0.508 e. The van der Waals surface area contributed by atoms with Crippen LogP contribution in [-0.4, -0.2) is 137 Å². The van der Waals surface area contributed by atoms with Gasteiger partial charge in [0.2, 0.25) is 5.91 Å². The Labute approximate surface area is 413 Å². The third-order valence-corrected chi connectivity index (χ3v) is 12.4. The molecule has 2 heterocycles. The molecule has 8 rings (SSSR count). The summed E-state index contributed by atoms with van der Waals surface area (Å²) in [5.41, 5.74) is 3.52. The van der Waals surface area contributed by atoms with E-state index >= 15 is 0 Å². The first-order chi connectivity index (χ1) is 33.9. The second-order valence-electron chi connectivity index (χ2n) is 17.4. The first kappa shape index (κ1) is 54.3. The van der Waals surface area contributed by atoms with E-state index in [4.69, 9.17) is 5.11 Å². The Morgan fingerprint density at radius 3 is 1.56 bits per heavy atom. The fourth-order valence-electron chi connectivity index (χ4n) is 8.30. The maximum absolute atomic E-state index is 12.6. The zero-order chi connectivity index (χ0) is 50.1. The maximum atomic E-state index is 12.6. The molecular formula is C57H72N6O7. The van der Waals surface area contributed by atoms with E-state index in [-0.39, 0.29) is 36.3 Å². The van der Waals surface area contributed by atoms with Gasteiger partial charge in [-0.25, -0.2) is 0 Å². The van der Waals surface area contributed by atoms with Gasteiger partial charge in [0.05, 0.1) is 6.42 Å². The van der Waals surface area contributed by atoms with Gasteiger partial charge in [-0.2, -0.15) is 0 Å². The van der Waals surface area contributed by atoms with Crippen molar-refractivity contribution in [2.75, 3.05) is 78.5 Å². The zero-order valence-corrected chi connectivity index (χ0v) is 41.2. The number of amides is 2. The molecule has 2 aliphatic heterocycles. The molecule has 13 heteroatoms. The van der Waals surface area contributed by atoms with E-state index in [0.29, 0.717) is 49.2 Å². The van der Waals surface area contributed by atoms with E-state index in [1.165, 1.54) is 25.2 Å². The summed E-state index contributed by atoms with van der Waals surface area (Å²) in [4.78, 5) is 56.2. The molecular weight excluding hydrogens is 881 g/mol. The van der Waals surface area contributed by atoms with Crippen LogP contribution in [0.2, 0.25) is 0 Å². The van der Waals surface area contributed by atoms with Crippen molar-refractivity contribution in [3.8, 4) is 11.5 Å². The number of hydrogen-bond donors (Lipinski definition) is 5. The van der Waals surface area contributed by atoms with E-state index in [1.54, 1.807) is 30.3 Å². The lowest BCUT2D eigenvalue weighted by Gasteiger charge is -2.34. The molecule has 372 valence electrons. The number of fused-ring (bicyclic) bond motifs is 2. The zero-order valence-electron chi connectivity index (χ0n) is 41.2. The fourth-order valence-corrected chi connectivity index (χ4v) is 8.30. The summed E-state index contributed by atoms with van der Waals surface area (Å²) in [6.07, 6.45) is 1.31. The molecule has 2 amide bonds. The summed E-state index contributed by atoms with van der Waals surface area (Å²) >= 11 is 0. The number of phenolic OH excluding ortho intramolecular Hbond substituents is 2. The highest BCUT2D eigenvalue weighted by Gasteiger charge is 2.21. The minimum atomic E-state index is -0.922. The quantitative estimate of drug-likeness (QED) is 0.0592. The maximum Gasteiger partial charge on any atom is 0.305 e. The number of hydrogen-bond acceptors (Lipinski definition) is 10. The molecule has 2 fully saturated rings. The number of carboxylic acid groups (broad SMARTS) is 1. The van der Waals surface area contributed by atoms with Gasteiger partial charge in [-0.15, -0.1) is 0 Å². The Hall–Kier alpha value is -6.64. The number of rotatable bonds is 16. The average molecular weight is 953 g/mol. The van der Waals surface area contributed by atoms with Crippen molar-refractivity contribution in [3.05, 3.63) is 156 Å². The molecule has 0 bridgehead atoms. The molecule has 0 atom stereocenters. The Balaban J connectivity index is 0.000000197. The number of carbonyl (C=O) groups is 4. The lowest BCUT2D eigenvalue weighted by molar-refractivity contribution is -0.137. The number of aromatic hydroxyl groups is 2. The van der Waals surface area contributed by atoms with Crippen LogP contribution in [0.1, 0.15) is 78.3 Å². The lowest BCUT2D eigenvalue weighted by atomic mass is 10.0. The highest BCUT2D eigenvalue weighted by molar-refractivity contribution is 6.00. The topological polar surface area (TPSA) is 166 Å². The molecule has 0 unspecified atom stereocenters. The van der Waals surface area contributed by atoms with E-state index < -0.39 is 5.97 Å². The third-order valence-electron chi connectivity index (χ3n) is 12.4. The number of carbonyl (C=O) groups excluding carboxylic acids is 3. The number of nitrogens with zero attached hydrogens (tertiary/aromatic N) is 4. The van der Waals surface area contributed by atoms with Crippen LogP contribution in [0, 0.1) is 0 Å². The van der Waals surface area contributed by atoms with Crippen molar-refractivity contribution in [2.45, 2.75) is 59.5 Å². The molecule has 0 saturated carbocycles. The first-order valence-electron chi connectivity index (χ1n) is 24.7. The van der Waals surface area contributed by atoms with Crippen molar-refractivity contribution in [1.29, 1.82) is 0 Å². The molecule has 2 saturated heterocycles.